The SMILES string of the molecule is CC(PS(=O)(=O)O)(c1cccc(S(=O)(=O)O)c1)c1cccc(S(=O)(=O)O)c1. The number of rotatable bonds is 6. The van der Waals surface area contributed by atoms with Crippen LogP contribution in [-0.4, -0.2) is 38.9 Å². The van der Waals surface area contributed by atoms with E-state index in [4.69, 9.17) is 0 Å². The maximum atomic E-state index is 11.6. The monoisotopic (exact) mass is 454 g/mol. The first-order valence-corrected chi connectivity index (χ1v) is 13.1. The molecule has 0 radical (unpaired) electrons. The Kier molecular flexibility index (Phi) is 5.84. The zero-order valence-corrected chi connectivity index (χ0v) is 17.1. The van der Waals surface area contributed by atoms with Gasteiger partial charge in [-0.25, -0.2) is 0 Å². The van der Waals surface area contributed by atoms with Crippen LogP contribution in [0.4, 0.5) is 0 Å². The Balaban J connectivity index is 2.79. The average Bonchev–Trinajstić information content (AvgIpc) is 2.52. The van der Waals surface area contributed by atoms with Gasteiger partial charge in [-0.15, -0.1) is 0 Å². The molecule has 27 heavy (non-hydrogen) atoms. The molecule has 0 spiro atoms. The molecule has 3 N–H and O–H groups in total. The van der Waals surface area contributed by atoms with Crippen LogP contribution in [-0.2, 0) is 35.1 Å². The third-order valence-corrected chi connectivity index (χ3v) is 8.69. The predicted molar refractivity (Wildman–Crippen MR) is 98.8 cm³/mol. The van der Waals surface area contributed by atoms with Gasteiger partial charge >= 0.3 is 0 Å². The molecular formula is C14H15O9PS3. The van der Waals surface area contributed by atoms with E-state index < -0.39 is 52.7 Å². The van der Waals surface area contributed by atoms with E-state index in [9.17, 15) is 38.9 Å². The number of hydrogen-bond donors (Lipinski definition) is 3. The molecule has 0 aliphatic carbocycles. The van der Waals surface area contributed by atoms with Crippen LogP contribution in [0.15, 0.2) is 58.3 Å². The van der Waals surface area contributed by atoms with Gasteiger partial charge in [0.1, 0.15) is 0 Å². The number of hydrogen-bond acceptors (Lipinski definition) is 6. The van der Waals surface area contributed by atoms with Gasteiger partial charge in [0, 0.05) is 7.78 Å². The highest BCUT2D eigenvalue weighted by molar-refractivity contribution is 8.40. The minimum absolute atomic E-state index is 0.0843. The van der Waals surface area contributed by atoms with E-state index in [1.807, 2.05) is 0 Å². The van der Waals surface area contributed by atoms with Gasteiger partial charge in [0.15, 0.2) is 0 Å². The van der Waals surface area contributed by atoms with Crippen LogP contribution in [0.25, 0.3) is 0 Å². The summed E-state index contributed by atoms with van der Waals surface area (Å²) in [6, 6.07) is 9.48. The van der Waals surface area contributed by atoms with E-state index in [1.54, 1.807) is 0 Å². The van der Waals surface area contributed by atoms with Crippen molar-refractivity contribution in [3.05, 3.63) is 59.7 Å². The highest BCUT2D eigenvalue weighted by Gasteiger charge is 2.35. The molecule has 148 valence electrons. The fraction of sp³-hybridized carbons (Fsp3) is 0.143. The second kappa shape index (κ2) is 7.21. The van der Waals surface area contributed by atoms with Gasteiger partial charge in [0.05, 0.1) is 14.9 Å². The molecule has 0 aliphatic rings. The van der Waals surface area contributed by atoms with Crippen molar-refractivity contribution in [1.29, 1.82) is 0 Å². The predicted octanol–water partition coefficient (Wildman–Crippen LogP) is 1.92. The van der Waals surface area contributed by atoms with Crippen LogP contribution >= 0.6 is 7.78 Å². The number of benzene rings is 2. The van der Waals surface area contributed by atoms with Gasteiger partial charge in [0.2, 0.25) is 0 Å². The largest absolute Gasteiger partial charge is 0.294 e. The highest BCUT2D eigenvalue weighted by atomic mass is 32.8. The minimum atomic E-state index is -4.59. The molecule has 0 aliphatic heterocycles. The molecule has 2 rings (SSSR count). The van der Waals surface area contributed by atoms with Gasteiger partial charge in [0.25, 0.3) is 30.0 Å². The van der Waals surface area contributed by atoms with Crippen LogP contribution in [0.3, 0.4) is 0 Å². The standard InChI is InChI=1S/C14H15O9PS3/c1-14(24-27(21,22)23,10-4-2-6-12(8-10)25(15,16)17)11-5-3-7-13(9-11)26(18,19)20/h2-9,24H,1H3,(H,15,16,17)(H,18,19,20)(H,21,22,23). The summed E-state index contributed by atoms with van der Waals surface area (Å²) in [5, 5.41) is -1.57. The van der Waals surface area contributed by atoms with Gasteiger partial charge in [-0.2, -0.15) is 25.3 Å². The average molecular weight is 454 g/mol. The smallest absolute Gasteiger partial charge is 0.283 e. The maximum absolute atomic E-state index is 11.6. The van der Waals surface area contributed by atoms with Crippen LogP contribution in [0, 0.1) is 0 Å². The van der Waals surface area contributed by atoms with Crippen molar-refractivity contribution in [3.63, 3.8) is 0 Å². The minimum Gasteiger partial charge on any atom is -0.283 e. The Morgan fingerprint density at radius 2 is 1.11 bits per heavy atom. The van der Waals surface area contributed by atoms with Gasteiger partial charge in [-0.1, -0.05) is 24.3 Å². The third kappa shape index (κ3) is 5.32. The fourth-order valence-corrected chi connectivity index (χ4v) is 6.85. The van der Waals surface area contributed by atoms with Crippen LogP contribution in [0.5, 0.6) is 0 Å². The zero-order valence-electron chi connectivity index (χ0n) is 13.6. The van der Waals surface area contributed by atoms with Crippen molar-refractivity contribution in [2.75, 3.05) is 0 Å². The summed E-state index contributed by atoms with van der Waals surface area (Å²) < 4.78 is 96.6. The van der Waals surface area contributed by atoms with E-state index in [-0.39, 0.29) is 11.1 Å². The second-order valence-corrected chi connectivity index (χ2v) is 12.9. The molecular weight excluding hydrogens is 439 g/mol. The van der Waals surface area contributed by atoms with Crippen LogP contribution in [0.1, 0.15) is 18.1 Å². The molecule has 0 amide bonds. The normalized spacial score (nSPS) is 13.9. The molecule has 0 saturated carbocycles. The quantitative estimate of drug-likeness (QED) is 0.437. The van der Waals surface area contributed by atoms with Crippen molar-refractivity contribution in [2.24, 2.45) is 0 Å². The summed E-state index contributed by atoms with van der Waals surface area (Å²) in [5.74, 6) is 0. The van der Waals surface area contributed by atoms with Gasteiger partial charge in [-0.3, -0.25) is 13.7 Å². The van der Waals surface area contributed by atoms with E-state index in [0.717, 1.165) is 24.3 Å². The molecule has 0 saturated heterocycles. The van der Waals surface area contributed by atoms with E-state index >= 15 is 0 Å². The van der Waals surface area contributed by atoms with Crippen LogP contribution < -0.4 is 0 Å². The highest BCUT2D eigenvalue weighted by Crippen LogP contribution is 2.50. The molecule has 9 nitrogen and oxygen atoms in total. The Bertz CT molecular complexity index is 1110. The van der Waals surface area contributed by atoms with E-state index in [1.165, 1.54) is 31.2 Å². The Morgan fingerprint density at radius 3 is 1.41 bits per heavy atom. The molecule has 0 bridgehead atoms. The summed E-state index contributed by atoms with van der Waals surface area (Å²) >= 11 is 0. The van der Waals surface area contributed by atoms with Gasteiger partial charge < -0.3 is 0 Å². The van der Waals surface area contributed by atoms with Crippen molar-refractivity contribution < 1.29 is 38.9 Å². The molecule has 0 fully saturated rings. The first-order valence-electron chi connectivity index (χ1n) is 7.05. The lowest BCUT2D eigenvalue weighted by Crippen LogP contribution is -2.21. The fourth-order valence-electron chi connectivity index (χ4n) is 2.48. The molecule has 1 atom stereocenters. The first-order chi connectivity index (χ1) is 12.1. The van der Waals surface area contributed by atoms with Crippen molar-refractivity contribution in [3.8, 4) is 0 Å². The van der Waals surface area contributed by atoms with E-state index in [0.29, 0.717) is 0 Å². The topological polar surface area (TPSA) is 163 Å². The first kappa shape index (κ1) is 21.9. The second-order valence-electron chi connectivity index (χ2n) is 5.71. The van der Waals surface area contributed by atoms with E-state index in [2.05, 4.69) is 0 Å². The van der Waals surface area contributed by atoms with Crippen molar-refractivity contribution in [1.82, 2.24) is 0 Å². The Hall–Kier alpha value is -1.40. The van der Waals surface area contributed by atoms with Crippen molar-refractivity contribution in [2.45, 2.75) is 21.9 Å². The van der Waals surface area contributed by atoms with Gasteiger partial charge in [-0.05, 0) is 42.3 Å². The maximum Gasteiger partial charge on any atom is 0.294 e. The summed E-state index contributed by atoms with van der Waals surface area (Å²) in [5.41, 5.74) is 0.169. The molecule has 0 aromatic heterocycles. The summed E-state index contributed by atoms with van der Waals surface area (Å²) in [6.07, 6.45) is 0. The molecule has 2 aromatic rings. The molecule has 13 heteroatoms. The Morgan fingerprint density at radius 1 is 0.741 bits per heavy atom. The zero-order chi connectivity index (χ0) is 20.7. The lowest BCUT2D eigenvalue weighted by atomic mass is 9.92. The molecule has 2 aromatic carbocycles. The molecule has 1 unspecified atom stereocenters. The Labute approximate surface area is 158 Å². The summed E-state index contributed by atoms with van der Waals surface area (Å²) in [7, 11) is -15.0. The van der Waals surface area contributed by atoms with Crippen LogP contribution in [0.2, 0.25) is 0 Å². The lowest BCUT2D eigenvalue weighted by molar-refractivity contribution is 0.481. The summed E-state index contributed by atoms with van der Waals surface area (Å²) in [4.78, 5) is -1.01. The molecule has 0 heterocycles. The lowest BCUT2D eigenvalue weighted by Gasteiger charge is -2.30. The summed E-state index contributed by atoms with van der Waals surface area (Å²) in [6.45, 7) is 1.35. The van der Waals surface area contributed by atoms with Crippen molar-refractivity contribution >= 4 is 37.8 Å². The third-order valence-electron chi connectivity index (χ3n) is 3.75.